The second-order valence-electron chi connectivity index (χ2n) is 5.02. The Morgan fingerprint density at radius 3 is 2.63 bits per heavy atom. The van der Waals surface area contributed by atoms with Gasteiger partial charge in [0.1, 0.15) is 24.4 Å². The molecule has 3 aliphatic rings. The van der Waals surface area contributed by atoms with E-state index in [0.717, 1.165) is 5.56 Å². The maximum absolute atomic E-state index is 6.00. The number of rotatable bonds is 2. The summed E-state index contributed by atoms with van der Waals surface area (Å²) in [5.41, 5.74) is 1.02. The topological polar surface area (TPSA) is 49.5 Å². The molecule has 3 aliphatic heterocycles. The summed E-state index contributed by atoms with van der Waals surface area (Å²) in [6.45, 7) is 0.497. The van der Waals surface area contributed by atoms with Gasteiger partial charge in [-0.3, -0.25) is 0 Å². The Kier molecular flexibility index (Phi) is 2.82. The Bertz CT molecular complexity index is 450. The summed E-state index contributed by atoms with van der Waals surface area (Å²) in [7, 11) is 1.63. The number of ether oxygens (including phenoxy) is 5. The van der Waals surface area contributed by atoms with Crippen LogP contribution in [0.4, 0.5) is 0 Å². The van der Waals surface area contributed by atoms with Gasteiger partial charge in [0, 0.05) is 12.7 Å². The van der Waals surface area contributed by atoms with E-state index in [0.29, 0.717) is 6.61 Å². The van der Waals surface area contributed by atoms with Gasteiger partial charge in [0.2, 0.25) is 0 Å². The predicted molar refractivity (Wildman–Crippen MR) is 64.3 cm³/mol. The molecule has 0 saturated carbocycles. The lowest BCUT2D eigenvalue weighted by Crippen LogP contribution is -2.52. The molecule has 0 unspecified atom stereocenters. The first-order valence-electron chi connectivity index (χ1n) is 6.52. The highest BCUT2D eigenvalue weighted by atomic mass is 16.8. The van der Waals surface area contributed by atoms with Crippen molar-refractivity contribution < 1.29 is 23.7 Å². The highest BCUT2D eigenvalue weighted by Crippen LogP contribution is 2.43. The van der Waals surface area contributed by atoms with Crippen molar-refractivity contribution in [3.8, 4) is 0 Å². The van der Waals surface area contributed by atoms with Gasteiger partial charge < -0.3 is 23.7 Å². The van der Waals surface area contributed by atoms with E-state index in [9.17, 15) is 0 Å². The lowest BCUT2D eigenvalue weighted by molar-refractivity contribution is -0.304. The molecule has 1 aromatic carbocycles. The van der Waals surface area contributed by atoms with E-state index in [1.54, 1.807) is 7.11 Å². The molecule has 3 heterocycles. The minimum absolute atomic E-state index is 0.000716. The summed E-state index contributed by atoms with van der Waals surface area (Å²) in [6, 6.07) is 9.92. The summed E-state index contributed by atoms with van der Waals surface area (Å²) in [4.78, 5) is 0. The molecule has 3 saturated heterocycles. The first kappa shape index (κ1) is 11.8. The quantitative estimate of drug-likeness (QED) is 0.752. The third-order valence-electron chi connectivity index (χ3n) is 3.83. The number of fused-ring (bicyclic) bond motifs is 3. The van der Waals surface area contributed by atoms with Crippen LogP contribution in [0.2, 0.25) is 0 Å². The van der Waals surface area contributed by atoms with Gasteiger partial charge in [0.15, 0.2) is 12.6 Å². The van der Waals surface area contributed by atoms with Crippen molar-refractivity contribution in [2.75, 3.05) is 13.7 Å². The molecule has 1 aromatic rings. The van der Waals surface area contributed by atoms with Gasteiger partial charge >= 0.3 is 0 Å². The van der Waals surface area contributed by atoms with E-state index < -0.39 is 0 Å². The molecular weight excluding hydrogens is 248 g/mol. The van der Waals surface area contributed by atoms with Crippen LogP contribution in [0.3, 0.4) is 0 Å². The van der Waals surface area contributed by atoms with Crippen LogP contribution in [0.25, 0.3) is 0 Å². The smallest absolute Gasteiger partial charge is 0.186 e. The molecule has 0 bridgehead atoms. The fraction of sp³-hybridized carbons (Fsp3) is 0.571. The van der Waals surface area contributed by atoms with Crippen molar-refractivity contribution in [3.05, 3.63) is 35.9 Å². The third kappa shape index (κ3) is 1.98. The molecule has 5 nitrogen and oxygen atoms in total. The lowest BCUT2D eigenvalue weighted by Gasteiger charge is -2.39. The van der Waals surface area contributed by atoms with Crippen LogP contribution in [0.15, 0.2) is 30.3 Å². The van der Waals surface area contributed by atoms with Gasteiger partial charge in [-0.2, -0.15) is 0 Å². The third-order valence-corrected chi connectivity index (χ3v) is 3.83. The Balaban J connectivity index is 1.50. The van der Waals surface area contributed by atoms with Crippen LogP contribution >= 0.6 is 0 Å². The monoisotopic (exact) mass is 264 g/mol. The zero-order valence-electron chi connectivity index (χ0n) is 10.6. The van der Waals surface area contributed by atoms with Crippen LogP contribution < -0.4 is 0 Å². The fourth-order valence-corrected chi connectivity index (χ4v) is 2.80. The molecule has 0 spiro atoms. The molecule has 0 N–H and O–H groups in total. The molecule has 4 rings (SSSR count). The second-order valence-corrected chi connectivity index (χ2v) is 5.02. The van der Waals surface area contributed by atoms with Crippen LogP contribution in [0, 0.1) is 0 Å². The van der Waals surface area contributed by atoms with Crippen LogP contribution in [-0.2, 0) is 23.7 Å². The van der Waals surface area contributed by atoms with Crippen molar-refractivity contribution in [1.29, 1.82) is 0 Å². The minimum Gasteiger partial charge on any atom is -0.361 e. The van der Waals surface area contributed by atoms with Gasteiger partial charge in [0.25, 0.3) is 0 Å². The summed E-state index contributed by atoms with van der Waals surface area (Å²) in [6.07, 6.45) is -0.759. The summed E-state index contributed by atoms with van der Waals surface area (Å²) in [5, 5.41) is 0. The highest BCUT2D eigenvalue weighted by molar-refractivity contribution is 5.17. The predicted octanol–water partition coefficient (Wildman–Crippen LogP) is 1.24. The van der Waals surface area contributed by atoms with Crippen LogP contribution in [0.1, 0.15) is 11.9 Å². The van der Waals surface area contributed by atoms with E-state index in [-0.39, 0.29) is 37.0 Å². The van der Waals surface area contributed by atoms with Gasteiger partial charge in [-0.05, 0) is 0 Å². The van der Waals surface area contributed by atoms with Gasteiger partial charge in [0.05, 0.1) is 6.61 Å². The number of hydrogen-bond donors (Lipinski definition) is 0. The molecule has 0 aliphatic carbocycles. The van der Waals surface area contributed by atoms with E-state index in [4.69, 9.17) is 23.7 Å². The Morgan fingerprint density at radius 2 is 1.84 bits per heavy atom. The SMILES string of the molecule is CO[C@H]1O[C@@H]2CO[C@@H](c3ccccc3)O[C@H]2[C@H]2O[C@H]12. The summed E-state index contributed by atoms with van der Waals surface area (Å²) < 4.78 is 28.4. The summed E-state index contributed by atoms with van der Waals surface area (Å²) >= 11 is 0. The maximum Gasteiger partial charge on any atom is 0.186 e. The van der Waals surface area contributed by atoms with Crippen molar-refractivity contribution in [2.45, 2.75) is 37.0 Å². The lowest BCUT2D eigenvalue weighted by atomic mass is 10.0. The molecule has 0 aromatic heterocycles. The molecule has 5 heteroatoms. The van der Waals surface area contributed by atoms with Crippen LogP contribution in [0.5, 0.6) is 0 Å². The van der Waals surface area contributed by atoms with Gasteiger partial charge in [-0.15, -0.1) is 0 Å². The number of epoxide rings is 1. The molecule has 102 valence electrons. The Labute approximate surface area is 111 Å². The van der Waals surface area contributed by atoms with Gasteiger partial charge in [-0.25, -0.2) is 0 Å². The Morgan fingerprint density at radius 1 is 1.00 bits per heavy atom. The van der Waals surface area contributed by atoms with Gasteiger partial charge in [-0.1, -0.05) is 30.3 Å². The highest BCUT2D eigenvalue weighted by Gasteiger charge is 2.60. The van der Waals surface area contributed by atoms with E-state index in [1.165, 1.54) is 0 Å². The minimum atomic E-state index is -0.338. The first-order chi connectivity index (χ1) is 9.36. The molecule has 19 heavy (non-hydrogen) atoms. The molecule has 6 atom stereocenters. The number of hydrogen-bond acceptors (Lipinski definition) is 5. The largest absolute Gasteiger partial charge is 0.361 e. The molecule has 0 radical (unpaired) electrons. The average molecular weight is 264 g/mol. The average Bonchev–Trinajstić information content (AvgIpc) is 3.27. The zero-order chi connectivity index (χ0) is 12.8. The maximum atomic E-state index is 6.00. The number of benzene rings is 1. The Hall–Kier alpha value is -0.980. The molecule has 0 amide bonds. The number of methoxy groups -OCH3 is 1. The zero-order valence-corrected chi connectivity index (χ0v) is 10.6. The first-order valence-corrected chi connectivity index (χ1v) is 6.52. The van der Waals surface area contributed by atoms with Crippen molar-refractivity contribution in [1.82, 2.24) is 0 Å². The van der Waals surface area contributed by atoms with E-state index >= 15 is 0 Å². The summed E-state index contributed by atoms with van der Waals surface area (Å²) in [5.74, 6) is 0. The molecule has 3 fully saturated rings. The van der Waals surface area contributed by atoms with E-state index in [2.05, 4.69) is 0 Å². The van der Waals surface area contributed by atoms with Crippen molar-refractivity contribution >= 4 is 0 Å². The van der Waals surface area contributed by atoms with Crippen LogP contribution in [-0.4, -0.2) is 44.4 Å². The standard InChI is InChI=1S/C14H16O5/c1-15-14-12-11(18-12)10-9(17-14)7-16-13(19-10)8-5-3-2-4-6-8/h2-6,9-14H,7H2,1H3/t9-,10-,11-,12+,13-,14+/m1/s1. The second kappa shape index (κ2) is 4.54. The normalized spacial score (nSPS) is 44.3. The van der Waals surface area contributed by atoms with E-state index in [1.807, 2.05) is 30.3 Å². The van der Waals surface area contributed by atoms with Crippen molar-refractivity contribution in [2.24, 2.45) is 0 Å². The molecular formula is C14H16O5. The van der Waals surface area contributed by atoms with Crippen molar-refractivity contribution in [3.63, 3.8) is 0 Å². The fourth-order valence-electron chi connectivity index (χ4n) is 2.80.